The molecule has 5 nitrogen and oxygen atoms in total. The van der Waals surface area contributed by atoms with Gasteiger partial charge in [-0.15, -0.1) is 0 Å². The van der Waals surface area contributed by atoms with E-state index in [4.69, 9.17) is 23.2 Å². The number of hydrogen-bond donors (Lipinski definition) is 1. The quantitative estimate of drug-likeness (QED) is 0.354. The normalized spacial score (nSPS) is 13.2. The number of para-hydroxylation sites is 1. The van der Waals surface area contributed by atoms with Crippen LogP contribution in [0.3, 0.4) is 0 Å². The maximum absolute atomic E-state index is 13.2. The number of aliphatic hydroxyl groups is 1. The Balaban J connectivity index is 1.92. The first-order valence-corrected chi connectivity index (χ1v) is 11.5. The van der Waals surface area contributed by atoms with E-state index in [2.05, 4.69) is 4.98 Å². The fraction of sp³-hybridized carbons (Fsp3) is 0.111. The Morgan fingerprint density at radius 2 is 1.74 bits per heavy atom. The van der Waals surface area contributed by atoms with Crippen LogP contribution >= 0.6 is 23.2 Å². The summed E-state index contributed by atoms with van der Waals surface area (Å²) in [5.74, 6) is 0. The first kappa shape index (κ1) is 22.4. The largest absolute Gasteiger partial charge is 0.393 e. The molecule has 1 N–H and O–H groups in total. The number of aromatic nitrogens is 3. The van der Waals surface area contributed by atoms with Crippen LogP contribution in [0.15, 0.2) is 96.3 Å². The topological polar surface area (TPSA) is 60.1 Å². The highest BCUT2D eigenvalue weighted by molar-refractivity contribution is 6.31. The second-order valence-corrected chi connectivity index (χ2v) is 9.04. The van der Waals surface area contributed by atoms with E-state index in [1.54, 1.807) is 48.4 Å². The van der Waals surface area contributed by atoms with Crippen LogP contribution in [0, 0.1) is 0 Å². The molecule has 0 saturated carbocycles. The molecule has 5 rings (SSSR count). The number of aliphatic hydroxyl groups excluding tert-OH is 1. The van der Waals surface area contributed by atoms with E-state index in [9.17, 15) is 9.90 Å². The molecule has 2 aromatic heterocycles. The van der Waals surface area contributed by atoms with Gasteiger partial charge in [-0.3, -0.25) is 4.79 Å². The van der Waals surface area contributed by atoms with Gasteiger partial charge in [0.2, 0.25) is 0 Å². The number of benzene rings is 3. The molecule has 0 aliphatic rings. The molecular weight excluding hydrogens is 469 g/mol. The summed E-state index contributed by atoms with van der Waals surface area (Å²) in [6.07, 6.45) is 5.15. The zero-order chi connectivity index (χ0) is 23.9. The second-order valence-electron chi connectivity index (χ2n) is 8.16. The molecule has 170 valence electrons. The number of nitrogens with zero attached hydrogens (tertiary/aromatic N) is 3. The summed E-state index contributed by atoms with van der Waals surface area (Å²) in [6.45, 7) is -0.264. The van der Waals surface area contributed by atoms with Gasteiger partial charge in [0.25, 0.3) is 5.56 Å². The van der Waals surface area contributed by atoms with Crippen LogP contribution in [0.5, 0.6) is 0 Å². The number of hydrogen-bond acceptors (Lipinski definition) is 3. The zero-order valence-corrected chi connectivity index (χ0v) is 19.8. The average molecular weight is 490 g/mol. The summed E-state index contributed by atoms with van der Waals surface area (Å²) in [7, 11) is 1.74. The molecule has 2 heterocycles. The van der Waals surface area contributed by atoms with E-state index < -0.39 is 5.54 Å². The number of halogens is 2. The summed E-state index contributed by atoms with van der Waals surface area (Å²) >= 11 is 12.4. The number of pyridine rings is 1. The standard InChI is InChI=1S/C27H21Cl2N3O2/c1-31-25(34)15-23(18-4-2-5-21(29)14-18)22-6-3-7-24(26(22)31)27(16-33,32-13-12-30-17-32)19-8-10-20(28)11-9-19/h2-15,17,33H,16H2,1H3. The molecule has 0 bridgehead atoms. The fourth-order valence-corrected chi connectivity index (χ4v) is 4.99. The number of aryl methyl sites for hydroxylation is 1. The Bertz CT molecular complexity index is 1540. The van der Waals surface area contributed by atoms with E-state index in [0.29, 0.717) is 15.6 Å². The summed E-state index contributed by atoms with van der Waals surface area (Å²) in [5, 5.41) is 13.0. The van der Waals surface area contributed by atoms with E-state index in [1.807, 2.05) is 59.3 Å². The van der Waals surface area contributed by atoms with Crippen molar-refractivity contribution in [2.45, 2.75) is 5.54 Å². The predicted molar refractivity (Wildman–Crippen MR) is 137 cm³/mol. The molecule has 7 heteroatoms. The van der Waals surface area contributed by atoms with Gasteiger partial charge in [0.1, 0.15) is 5.54 Å². The molecule has 0 saturated heterocycles. The Morgan fingerprint density at radius 3 is 2.41 bits per heavy atom. The third-order valence-corrected chi connectivity index (χ3v) is 6.82. The first-order chi connectivity index (χ1) is 16.5. The van der Waals surface area contributed by atoms with Gasteiger partial charge in [-0.1, -0.05) is 65.7 Å². The SMILES string of the molecule is Cn1c(=O)cc(-c2cccc(Cl)c2)c2cccc(C(CO)(c3ccc(Cl)cc3)n3ccnc3)c21. The highest BCUT2D eigenvalue weighted by Crippen LogP contribution is 2.40. The lowest BCUT2D eigenvalue weighted by molar-refractivity contribution is 0.197. The zero-order valence-electron chi connectivity index (χ0n) is 18.3. The smallest absolute Gasteiger partial charge is 0.251 e. The maximum Gasteiger partial charge on any atom is 0.251 e. The molecular formula is C27H21Cl2N3O2. The van der Waals surface area contributed by atoms with Crippen molar-refractivity contribution < 1.29 is 5.11 Å². The summed E-state index contributed by atoms with van der Waals surface area (Å²) in [5.41, 5.74) is 2.69. The first-order valence-electron chi connectivity index (χ1n) is 10.7. The van der Waals surface area contributed by atoms with E-state index in [0.717, 1.165) is 27.6 Å². The molecule has 0 aliphatic heterocycles. The summed E-state index contributed by atoms with van der Waals surface area (Å²) < 4.78 is 3.48. The van der Waals surface area contributed by atoms with Crippen molar-refractivity contribution in [3.8, 4) is 11.1 Å². The second kappa shape index (κ2) is 8.76. The lowest BCUT2D eigenvalue weighted by Gasteiger charge is -2.36. The Labute approximate surface area is 206 Å². The van der Waals surface area contributed by atoms with Gasteiger partial charge in [-0.05, 0) is 41.0 Å². The minimum atomic E-state index is -1.04. The van der Waals surface area contributed by atoms with Crippen LogP contribution in [-0.4, -0.2) is 25.8 Å². The fourth-order valence-electron chi connectivity index (χ4n) is 4.67. The molecule has 34 heavy (non-hydrogen) atoms. The van der Waals surface area contributed by atoms with Gasteiger partial charge in [-0.2, -0.15) is 0 Å². The van der Waals surface area contributed by atoms with Crippen molar-refractivity contribution in [3.63, 3.8) is 0 Å². The average Bonchev–Trinajstić information content (AvgIpc) is 3.38. The van der Waals surface area contributed by atoms with Crippen LogP contribution in [0.4, 0.5) is 0 Å². The van der Waals surface area contributed by atoms with Gasteiger partial charge in [0.05, 0.1) is 18.5 Å². The molecule has 0 aliphatic carbocycles. The minimum Gasteiger partial charge on any atom is -0.393 e. The number of imidazole rings is 1. The van der Waals surface area contributed by atoms with Crippen molar-refractivity contribution in [2.24, 2.45) is 7.05 Å². The molecule has 1 atom stereocenters. The Morgan fingerprint density at radius 1 is 0.971 bits per heavy atom. The minimum absolute atomic E-state index is 0.163. The van der Waals surface area contributed by atoms with Gasteiger partial charge >= 0.3 is 0 Å². The number of fused-ring (bicyclic) bond motifs is 1. The van der Waals surface area contributed by atoms with Crippen molar-refractivity contribution in [1.29, 1.82) is 0 Å². The van der Waals surface area contributed by atoms with Gasteiger partial charge in [-0.25, -0.2) is 4.98 Å². The Hall–Kier alpha value is -3.38. The van der Waals surface area contributed by atoms with Crippen molar-refractivity contribution >= 4 is 34.1 Å². The molecule has 0 radical (unpaired) electrons. The number of rotatable bonds is 5. The van der Waals surface area contributed by atoms with Crippen LogP contribution < -0.4 is 5.56 Å². The van der Waals surface area contributed by atoms with E-state index >= 15 is 0 Å². The van der Waals surface area contributed by atoms with Gasteiger partial charge in [0, 0.05) is 46.5 Å². The summed E-state index contributed by atoms with van der Waals surface area (Å²) in [6, 6.07) is 22.3. The third kappa shape index (κ3) is 3.53. The van der Waals surface area contributed by atoms with Crippen LogP contribution in [0.1, 0.15) is 11.1 Å². The van der Waals surface area contributed by atoms with E-state index in [-0.39, 0.29) is 12.2 Å². The van der Waals surface area contributed by atoms with Crippen LogP contribution in [0.2, 0.25) is 10.0 Å². The lowest BCUT2D eigenvalue weighted by atomic mass is 9.81. The van der Waals surface area contributed by atoms with Crippen molar-refractivity contribution in [1.82, 2.24) is 14.1 Å². The molecule has 1 unspecified atom stereocenters. The van der Waals surface area contributed by atoms with Gasteiger partial charge < -0.3 is 14.2 Å². The summed E-state index contributed by atoms with van der Waals surface area (Å²) in [4.78, 5) is 17.4. The van der Waals surface area contributed by atoms with Crippen molar-refractivity contribution in [3.05, 3.63) is 123 Å². The molecule has 0 amide bonds. The maximum atomic E-state index is 13.2. The molecule has 3 aromatic carbocycles. The lowest BCUT2D eigenvalue weighted by Crippen LogP contribution is -2.40. The monoisotopic (exact) mass is 489 g/mol. The van der Waals surface area contributed by atoms with Crippen LogP contribution in [0.25, 0.3) is 22.0 Å². The van der Waals surface area contributed by atoms with Crippen molar-refractivity contribution in [2.75, 3.05) is 6.61 Å². The predicted octanol–water partition coefficient (Wildman–Crippen LogP) is 5.49. The highest BCUT2D eigenvalue weighted by Gasteiger charge is 2.38. The Kier molecular flexibility index (Phi) is 5.78. The third-order valence-electron chi connectivity index (χ3n) is 6.34. The van der Waals surface area contributed by atoms with Gasteiger partial charge in [0.15, 0.2) is 0 Å². The highest BCUT2D eigenvalue weighted by atomic mass is 35.5. The molecule has 0 spiro atoms. The molecule has 0 fully saturated rings. The van der Waals surface area contributed by atoms with E-state index in [1.165, 1.54) is 0 Å². The van der Waals surface area contributed by atoms with Crippen LogP contribution in [-0.2, 0) is 12.6 Å². The molecule has 5 aromatic rings.